The van der Waals surface area contributed by atoms with Gasteiger partial charge in [0.25, 0.3) is 0 Å². The molecule has 0 amide bonds. The van der Waals surface area contributed by atoms with Crippen LogP contribution in [0.2, 0.25) is 0 Å². The number of phenols is 1. The lowest BCUT2D eigenvalue weighted by atomic mass is 9.81. The van der Waals surface area contributed by atoms with Gasteiger partial charge >= 0.3 is 0 Å². The van der Waals surface area contributed by atoms with E-state index in [2.05, 4.69) is 5.32 Å². The van der Waals surface area contributed by atoms with Crippen LogP contribution in [0, 0.1) is 5.92 Å². The third kappa shape index (κ3) is 2.13. The van der Waals surface area contributed by atoms with Crippen molar-refractivity contribution in [2.75, 3.05) is 19.7 Å². The topological polar surface area (TPSA) is 52.5 Å². The third-order valence-corrected chi connectivity index (χ3v) is 3.20. The number of hydrogen-bond donors (Lipinski definition) is 3. The minimum Gasteiger partial charge on any atom is -0.508 e. The second-order valence-electron chi connectivity index (χ2n) is 4.10. The molecule has 0 aliphatic carbocycles. The number of benzene rings is 1. The second-order valence-corrected chi connectivity index (χ2v) is 4.10. The van der Waals surface area contributed by atoms with Crippen LogP contribution in [0.15, 0.2) is 24.3 Å². The number of aliphatic hydroxyl groups excluding tert-OH is 1. The molecule has 2 unspecified atom stereocenters. The third-order valence-electron chi connectivity index (χ3n) is 3.20. The molecule has 1 aliphatic heterocycles. The molecule has 3 N–H and O–H groups in total. The summed E-state index contributed by atoms with van der Waals surface area (Å²) in [4.78, 5) is 0. The molecule has 3 heteroatoms. The van der Waals surface area contributed by atoms with Crippen LogP contribution in [0.1, 0.15) is 17.9 Å². The van der Waals surface area contributed by atoms with E-state index in [1.165, 1.54) is 0 Å². The van der Waals surface area contributed by atoms with Crippen molar-refractivity contribution < 1.29 is 10.2 Å². The fourth-order valence-electron chi connectivity index (χ4n) is 2.30. The largest absolute Gasteiger partial charge is 0.508 e. The first kappa shape index (κ1) is 10.5. The SMILES string of the molecule is OCC1CCNCC1c1ccccc1O. The number of para-hydroxylation sites is 1. The molecule has 0 spiro atoms. The molecule has 1 heterocycles. The van der Waals surface area contributed by atoms with Crippen LogP contribution in [0.4, 0.5) is 0 Å². The van der Waals surface area contributed by atoms with Gasteiger partial charge in [-0.15, -0.1) is 0 Å². The van der Waals surface area contributed by atoms with Crippen molar-refractivity contribution in [3.8, 4) is 5.75 Å². The van der Waals surface area contributed by atoms with E-state index in [1.807, 2.05) is 18.2 Å². The fourth-order valence-corrected chi connectivity index (χ4v) is 2.30. The Balaban J connectivity index is 2.24. The zero-order valence-corrected chi connectivity index (χ0v) is 8.69. The van der Waals surface area contributed by atoms with Crippen molar-refractivity contribution in [3.63, 3.8) is 0 Å². The highest BCUT2D eigenvalue weighted by Crippen LogP contribution is 2.33. The minimum absolute atomic E-state index is 0.195. The van der Waals surface area contributed by atoms with Crippen molar-refractivity contribution in [3.05, 3.63) is 29.8 Å². The number of hydrogen-bond acceptors (Lipinski definition) is 3. The van der Waals surface area contributed by atoms with Gasteiger partial charge in [0.2, 0.25) is 0 Å². The van der Waals surface area contributed by atoms with Gasteiger partial charge in [0.1, 0.15) is 5.75 Å². The fraction of sp³-hybridized carbons (Fsp3) is 0.500. The van der Waals surface area contributed by atoms with E-state index in [-0.39, 0.29) is 18.4 Å². The molecule has 82 valence electrons. The minimum atomic E-state index is 0.195. The van der Waals surface area contributed by atoms with Gasteiger partial charge in [0.05, 0.1) is 0 Å². The van der Waals surface area contributed by atoms with Gasteiger partial charge in [0.15, 0.2) is 0 Å². The lowest BCUT2D eigenvalue weighted by molar-refractivity contribution is 0.175. The molecule has 2 rings (SSSR count). The lowest BCUT2D eigenvalue weighted by Gasteiger charge is -2.31. The zero-order valence-electron chi connectivity index (χ0n) is 8.69. The van der Waals surface area contributed by atoms with Crippen LogP contribution >= 0.6 is 0 Å². The van der Waals surface area contributed by atoms with Crippen molar-refractivity contribution in [2.24, 2.45) is 5.92 Å². The quantitative estimate of drug-likeness (QED) is 0.680. The average Bonchev–Trinajstić information content (AvgIpc) is 2.30. The van der Waals surface area contributed by atoms with Crippen molar-refractivity contribution in [1.29, 1.82) is 0 Å². The van der Waals surface area contributed by atoms with Gasteiger partial charge in [-0.3, -0.25) is 0 Å². The Morgan fingerprint density at radius 1 is 1.33 bits per heavy atom. The molecule has 1 fully saturated rings. The molecule has 0 bridgehead atoms. The number of phenolic OH excluding ortho intramolecular Hbond substituents is 1. The number of nitrogens with one attached hydrogen (secondary N) is 1. The highest BCUT2D eigenvalue weighted by molar-refractivity contribution is 5.35. The molecule has 0 radical (unpaired) electrons. The Labute approximate surface area is 89.8 Å². The standard InChI is InChI=1S/C12H17NO2/c14-8-9-5-6-13-7-11(9)10-3-1-2-4-12(10)15/h1-4,9,11,13-15H,5-8H2. The molecule has 2 atom stereocenters. The summed E-state index contributed by atoms with van der Waals surface area (Å²) in [7, 11) is 0. The predicted molar refractivity (Wildman–Crippen MR) is 58.9 cm³/mol. The Bertz CT molecular complexity index is 327. The summed E-state index contributed by atoms with van der Waals surface area (Å²) < 4.78 is 0. The molecule has 0 aromatic heterocycles. The van der Waals surface area contributed by atoms with Gasteiger partial charge in [-0.1, -0.05) is 18.2 Å². The van der Waals surface area contributed by atoms with Crippen LogP contribution < -0.4 is 5.32 Å². The smallest absolute Gasteiger partial charge is 0.119 e. The molecule has 3 nitrogen and oxygen atoms in total. The molecule has 1 aromatic rings. The number of piperidine rings is 1. The monoisotopic (exact) mass is 207 g/mol. The summed E-state index contributed by atoms with van der Waals surface area (Å²) in [5.41, 5.74) is 0.948. The molecule has 1 aromatic carbocycles. The first-order chi connectivity index (χ1) is 7.33. The number of aliphatic hydroxyl groups is 1. The molecular weight excluding hydrogens is 190 g/mol. The molecule has 15 heavy (non-hydrogen) atoms. The molecular formula is C12H17NO2. The van der Waals surface area contributed by atoms with Gasteiger partial charge in [-0.05, 0) is 30.5 Å². The van der Waals surface area contributed by atoms with E-state index in [1.54, 1.807) is 6.07 Å². The van der Waals surface area contributed by atoms with Gasteiger partial charge in [0, 0.05) is 19.1 Å². The molecule has 0 saturated carbocycles. The average molecular weight is 207 g/mol. The van der Waals surface area contributed by atoms with Crippen molar-refractivity contribution >= 4 is 0 Å². The maximum absolute atomic E-state index is 9.77. The lowest BCUT2D eigenvalue weighted by Crippen LogP contribution is -2.36. The van der Waals surface area contributed by atoms with Gasteiger partial charge in [-0.2, -0.15) is 0 Å². The summed E-state index contributed by atoms with van der Waals surface area (Å²) in [5, 5.41) is 22.4. The Morgan fingerprint density at radius 2 is 2.13 bits per heavy atom. The van der Waals surface area contributed by atoms with E-state index in [0.717, 1.165) is 25.1 Å². The van der Waals surface area contributed by atoms with Gasteiger partial charge < -0.3 is 15.5 Å². The van der Waals surface area contributed by atoms with Crippen LogP contribution in [0.25, 0.3) is 0 Å². The summed E-state index contributed by atoms with van der Waals surface area (Å²) in [6.07, 6.45) is 0.968. The predicted octanol–water partition coefficient (Wildman–Crippen LogP) is 1.08. The molecule has 1 aliphatic rings. The van der Waals surface area contributed by atoms with Crippen LogP contribution in [-0.2, 0) is 0 Å². The van der Waals surface area contributed by atoms with Crippen LogP contribution in [0.5, 0.6) is 5.75 Å². The normalized spacial score (nSPS) is 26.5. The zero-order chi connectivity index (χ0) is 10.7. The second kappa shape index (κ2) is 4.64. The maximum Gasteiger partial charge on any atom is 0.119 e. The Kier molecular flexibility index (Phi) is 3.23. The first-order valence-corrected chi connectivity index (χ1v) is 5.42. The number of rotatable bonds is 2. The van der Waals surface area contributed by atoms with Crippen LogP contribution in [-0.4, -0.2) is 29.9 Å². The highest BCUT2D eigenvalue weighted by Gasteiger charge is 2.27. The van der Waals surface area contributed by atoms with Crippen LogP contribution in [0.3, 0.4) is 0 Å². The van der Waals surface area contributed by atoms with E-state index in [4.69, 9.17) is 0 Å². The Morgan fingerprint density at radius 3 is 2.87 bits per heavy atom. The van der Waals surface area contributed by atoms with E-state index in [0.29, 0.717) is 5.75 Å². The van der Waals surface area contributed by atoms with Gasteiger partial charge in [-0.25, -0.2) is 0 Å². The highest BCUT2D eigenvalue weighted by atomic mass is 16.3. The maximum atomic E-state index is 9.77. The van der Waals surface area contributed by atoms with Crippen molar-refractivity contribution in [2.45, 2.75) is 12.3 Å². The van der Waals surface area contributed by atoms with E-state index < -0.39 is 0 Å². The Hall–Kier alpha value is -1.06. The first-order valence-electron chi connectivity index (χ1n) is 5.42. The summed E-state index contributed by atoms with van der Waals surface area (Å²) in [6, 6.07) is 7.40. The molecule has 1 saturated heterocycles. The summed E-state index contributed by atoms with van der Waals surface area (Å²) in [6.45, 7) is 1.98. The van der Waals surface area contributed by atoms with Crippen molar-refractivity contribution in [1.82, 2.24) is 5.32 Å². The van der Waals surface area contributed by atoms with E-state index in [9.17, 15) is 10.2 Å². The summed E-state index contributed by atoms with van der Waals surface area (Å²) >= 11 is 0. The number of aromatic hydroxyl groups is 1. The summed E-state index contributed by atoms with van der Waals surface area (Å²) in [5.74, 6) is 0.828. The van der Waals surface area contributed by atoms with E-state index >= 15 is 0 Å².